The number of ether oxygens (including phenoxy) is 2. The van der Waals surface area contributed by atoms with Crippen molar-refractivity contribution >= 4 is 11.9 Å². The lowest BCUT2D eigenvalue weighted by Gasteiger charge is -2.13. The minimum absolute atomic E-state index is 0.374. The summed E-state index contributed by atoms with van der Waals surface area (Å²) in [5.41, 5.74) is 0.722. The van der Waals surface area contributed by atoms with Crippen LogP contribution in [0.4, 0.5) is 0 Å². The molecule has 0 radical (unpaired) electrons. The highest BCUT2D eigenvalue weighted by Gasteiger charge is 2.10. The third-order valence-corrected chi connectivity index (χ3v) is 2.17. The van der Waals surface area contributed by atoms with Crippen molar-refractivity contribution in [1.29, 1.82) is 0 Å². The van der Waals surface area contributed by atoms with Gasteiger partial charge in [0.25, 0.3) is 0 Å². The Balaban J connectivity index is 2.80. The average molecular weight is 246 g/mol. The van der Waals surface area contributed by atoms with Gasteiger partial charge in [-0.3, -0.25) is 0 Å². The first-order valence-corrected chi connectivity index (χ1v) is 5.34. The smallest absolute Gasteiger partial charge is 0.335 e. The van der Waals surface area contributed by atoms with Crippen LogP contribution in [0.25, 0.3) is 0 Å². The molecule has 0 spiro atoms. The van der Waals surface area contributed by atoms with Crippen LogP contribution < -0.4 is 4.74 Å². The Labute approximate surface area is 106 Å². The molecule has 1 atom stereocenters. The van der Waals surface area contributed by atoms with Gasteiger partial charge in [0.05, 0.1) is 0 Å². The summed E-state index contributed by atoms with van der Waals surface area (Å²) in [5, 5.41) is 0. The molecule has 1 aromatic rings. The van der Waals surface area contributed by atoms with Gasteiger partial charge in [-0.15, -0.1) is 0 Å². The summed E-state index contributed by atoms with van der Waals surface area (Å²) in [6, 6.07) is 6.74. The van der Waals surface area contributed by atoms with E-state index in [9.17, 15) is 9.59 Å². The van der Waals surface area contributed by atoms with E-state index in [1.54, 1.807) is 31.2 Å². The highest BCUT2D eigenvalue weighted by molar-refractivity contribution is 5.83. The van der Waals surface area contributed by atoms with E-state index in [-0.39, 0.29) is 0 Å². The van der Waals surface area contributed by atoms with Crippen molar-refractivity contribution in [2.45, 2.75) is 13.0 Å². The Morgan fingerprint density at radius 2 is 1.89 bits per heavy atom. The molecule has 0 aliphatic carbocycles. The van der Waals surface area contributed by atoms with Crippen LogP contribution in [-0.2, 0) is 14.3 Å². The summed E-state index contributed by atoms with van der Waals surface area (Å²) >= 11 is 0. The van der Waals surface area contributed by atoms with E-state index in [1.807, 2.05) is 0 Å². The van der Waals surface area contributed by atoms with Crippen LogP contribution in [0.2, 0.25) is 0 Å². The quantitative estimate of drug-likeness (QED) is 0.455. The van der Waals surface area contributed by atoms with Crippen LogP contribution in [0.5, 0.6) is 5.75 Å². The standard InChI is InChI=1S/C14H14O4/c1-4-13(15)17-10(3)11-7-6-8-12(9-11)18-14(16)5-2/h4-10H,1-2H2,3H3. The molecule has 18 heavy (non-hydrogen) atoms. The number of benzene rings is 1. The molecule has 94 valence electrons. The number of rotatable bonds is 5. The van der Waals surface area contributed by atoms with Crippen LogP contribution in [0.3, 0.4) is 0 Å². The molecule has 0 saturated heterocycles. The van der Waals surface area contributed by atoms with E-state index >= 15 is 0 Å². The minimum Gasteiger partial charge on any atom is -0.455 e. The van der Waals surface area contributed by atoms with Crippen molar-refractivity contribution < 1.29 is 19.1 Å². The van der Waals surface area contributed by atoms with Gasteiger partial charge < -0.3 is 9.47 Å². The molecule has 1 aromatic carbocycles. The van der Waals surface area contributed by atoms with E-state index in [1.165, 1.54) is 0 Å². The van der Waals surface area contributed by atoms with Crippen molar-refractivity contribution in [1.82, 2.24) is 0 Å². The van der Waals surface area contributed by atoms with E-state index in [4.69, 9.17) is 9.47 Å². The summed E-state index contributed by atoms with van der Waals surface area (Å²) in [5.74, 6) is -0.669. The van der Waals surface area contributed by atoms with Crippen LogP contribution in [0.1, 0.15) is 18.6 Å². The third kappa shape index (κ3) is 3.90. The lowest BCUT2D eigenvalue weighted by molar-refractivity contribution is -0.142. The minimum atomic E-state index is -0.539. The second-order valence-corrected chi connectivity index (χ2v) is 3.48. The monoisotopic (exact) mass is 246 g/mol. The Bertz CT molecular complexity index is 476. The summed E-state index contributed by atoms with van der Waals surface area (Å²) < 4.78 is 10.0. The van der Waals surface area contributed by atoms with E-state index in [0.717, 1.165) is 17.7 Å². The van der Waals surface area contributed by atoms with Gasteiger partial charge in [0.1, 0.15) is 11.9 Å². The maximum atomic E-state index is 11.1. The Morgan fingerprint density at radius 3 is 2.50 bits per heavy atom. The van der Waals surface area contributed by atoms with Crippen molar-refractivity contribution in [2.75, 3.05) is 0 Å². The molecule has 0 aromatic heterocycles. The molecule has 0 aliphatic rings. The molecule has 0 aliphatic heterocycles. The van der Waals surface area contributed by atoms with Gasteiger partial charge in [-0.05, 0) is 24.6 Å². The van der Waals surface area contributed by atoms with Gasteiger partial charge in [0, 0.05) is 12.2 Å². The zero-order valence-corrected chi connectivity index (χ0v) is 10.1. The summed E-state index contributed by atoms with van der Waals surface area (Å²) in [7, 11) is 0. The van der Waals surface area contributed by atoms with Crippen molar-refractivity contribution in [2.24, 2.45) is 0 Å². The molecular formula is C14H14O4. The third-order valence-electron chi connectivity index (χ3n) is 2.17. The fourth-order valence-corrected chi connectivity index (χ4v) is 1.28. The van der Waals surface area contributed by atoms with Gasteiger partial charge in [0.15, 0.2) is 0 Å². The molecule has 0 amide bonds. The molecule has 0 N–H and O–H groups in total. The zero-order chi connectivity index (χ0) is 13.5. The molecule has 0 bridgehead atoms. The zero-order valence-electron chi connectivity index (χ0n) is 10.1. The predicted octanol–water partition coefficient (Wildman–Crippen LogP) is 2.57. The van der Waals surface area contributed by atoms with E-state index in [2.05, 4.69) is 13.2 Å². The van der Waals surface area contributed by atoms with Crippen LogP contribution in [0, 0.1) is 0 Å². The lowest BCUT2D eigenvalue weighted by atomic mass is 10.1. The fraction of sp³-hybridized carbons (Fsp3) is 0.143. The number of carbonyl (C=O) groups is 2. The Kier molecular flexibility index (Phi) is 4.87. The molecule has 4 nitrogen and oxygen atoms in total. The van der Waals surface area contributed by atoms with Crippen molar-refractivity contribution in [3.05, 3.63) is 55.1 Å². The SMILES string of the molecule is C=CC(=O)Oc1cccc(C(C)OC(=O)C=C)c1. The highest BCUT2D eigenvalue weighted by atomic mass is 16.5. The first-order chi connectivity index (χ1) is 8.56. The molecule has 1 unspecified atom stereocenters. The Morgan fingerprint density at radius 1 is 1.22 bits per heavy atom. The molecule has 0 saturated carbocycles. The molecule has 4 heteroatoms. The highest BCUT2D eigenvalue weighted by Crippen LogP contribution is 2.22. The second-order valence-electron chi connectivity index (χ2n) is 3.48. The maximum absolute atomic E-state index is 11.1. The summed E-state index contributed by atoms with van der Waals surface area (Å²) in [6.45, 7) is 8.35. The molecule has 0 fully saturated rings. The van der Waals surface area contributed by atoms with E-state index in [0.29, 0.717) is 5.75 Å². The largest absolute Gasteiger partial charge is 0.455 e. The van der Waals surface area contributed by atoms with Crippen LogP contribution in [-0.4, -0.2) is 11.9 Å². The average Bonchev–Trinajstić information content (AvgIpc) is 2.38. The number of carbonyl (C=O) groups excluding carboxylic acids is 2. The van der Waals surface area contributed by atoms with Crippen molar-refractivity contribution in [3.63, 3.8) is 0 Å². The predicted molar refractivity (Wildman–Crippen MR) is 67.0 cm³/mol. The number of hydrogen-bond acceptors (Lipinski definition) is 4. The Hall–Kier alpha value is -2.36. The molecule has 1 rings (SSSR count). The van der Waals surface area contributed by atoms with Gasteiger partial charge in [-0.25, -0.2) is 9.59 Å². The van der Waals surface area contributed by atoms with Crippen molar-refractivity contribution in [3.8, 4) is 5.75 Å². The summed E-state index contributed by atoms with van der Waals surface area (Å²) in [6.07, 6.45) is 1.73. The lowest BCUT2D eigenvalue weighted by Crippen LogP contribution is -2.07. The maximum Gasteiger partial charge on any atom is 0.335 e. The normalized spacial score (nSPS) is 11.2. The molecule has 0 heterocycles. The van der Waals surface area contributed by atoms with Crippen LogP contribution >= 0.6 is 0 Å². The van der Waals surface area contributed by atoms with E-state index < -0.39 is 18.0 Å². The number of hydrogen-bond donors (Lipinski definition) is 0. The van der Waals surface area contributed by atoms with Crippen LogP contribution in [0.15, 0.2) is 49.6 Å². The first-order valence-electron chi connectivity index (χ1n) is 5.34. The van der Waals surface area contributed by atoms with Gasteiger partial charge in [-0.1, -0.05) is 25.3 Å². The van der Waals surface area contributed by atoms with Gasteiger partial charge in [-0.2, -0.15) is 0 Å². The second kappa shape index (κ2) is 6.39. The van der Waals surface area contributed by atoms with Gasteiger partial charge >= 0.3 is 11.9 Å². The number of esters is 2. The van der Waals surface area contributed by atoms with Gasteiger partial charge in [0.2, 0.25) is 0 Å². The first kappa shape index (κ1) is 13.7. The summed E-state index contributed by atoms with van der Waals surface area (Å²) in [4.78, 5) is 22.1. The molecular weight excluding hydrogens is 232 g/mol. The fourth-order valence-electron chi connectivity index (χ4n) is 1.28. The topological polar surface area (TPSA) is 52.6 Å².